The Bertz CT molecular complexity index is 674. The van der Waals surface area contributed by atoms with E-state index < -0.39 is 5.60 Å². The maximum Gasteiger partial charge on any atom is 0.317 e. The molecular weight excluding hydrogens is 320 g/mol. The highest BCUT2D eigenvalue weighted by Crippen LogP contribution is 2.33. The van der Waals surface area contributed by atoms with Gasteiger partial charge in [0.1, 0.15) is 5.71 Å². The Hall–Kier alpha value is -2.57. The number of nitrogens with zero attached hydrogens (tertiary/aromatic N) is 2. The van der Waals surface area contributed by atoms with Crippen LogP contribution < -0.4 is 10.6 Å². The number of para-hydroxylation sites is 1. The maximum atomic E-state index is 12.4. The standard InChI is InChI=1S/C18H24N4O3/c1-13(2)19-17(24)22-10-6-9-18(12-22)11-15(21-25-18)16(23)20-14-7-4-3-5-8-14/h3-5,7-8,13H,6,9-12H2,1-2H3,(H,19,24)(H,20,23)/t18-/m0/s1. The lowest BCUT2D eigenvalue weighted by Gasteiger charge is -2.38. The van der Waals surface area contributed by atoms with E-state index in [1.165, 1.54) is 0 Å². The van der Waals surface area contributed by atoms with Gasteiger partial charge in [-0.15, -0.1) is 0 Å². The highest BCUT2D eigenvalue weighted by molar-refractivity contribution is 6.43. The topological polar surface area (TPSA) is 83.0 Å². The van der Waals surface area contributed by atoms with Crippen LogP contribution in [0, 0.1) is 0 Å². The maximum absolute atomic E-state index is 12.4. The summed E-state index contributed by atoms with van der Waals surface area (Å²) >= 11 is 0. The fourth-order valence-electron chi connectivity index (χ4n) is 3.20. The predicted molar refractivity (Wildman–Crippen MR) is 95.4 cm³/mol. The van der Waals surface area contributed by atoms with Gasteiger partial charge in [-0.3, -0.25) is 4.79 Å². The minimum atomic E-state index is -0.587. The van der Waals surface area contributed by atoms with Crippen molar-refractivity contribution in [2.24, 2.45) is 5.16 Å². The SMILES string of the molecule is CC(C)NC(=O)N1CCC[C@]2(CC(C(=O)Nc3ccccc3)=NO2)C1. The van der Waals surface area contributed by atoms with Crippen LogP contribution in [0.25, 0.3) is 0 Å². The summed E-state index contributed by atoms with van der Waals surface area (Å²) in [5.41, 5.74) is 0.503. The van der Waals surface area contributed by atoms with Gasteiger partial charge in [0.2, 0.25) is 0 Å². The first-order valence-corrected chi connectivity index (χ1v) is 8.64. The van der Waals surface area contributed by atoms with Crippen LogP contribution >= 0.6 is 0 Å². The summed E-state index contributed by atoms with van der Waals surface area (Å²) in [5, 5.41) is 9.73. The smallest absolute Gasteiger partial charge is 0.317 e. The van der Waals surface area contributed by atoms with Crippen LogP contribution in [0.1, 0.15) is 33.1 Å². The first-order chi connectivity index (χ1) is 12.0. The van der Waals surface area contributed by atoms with E-state index in [0.717, 1.165) is 18.5 Å². The van der Waals surface area contributed by atoms with Gasteiger partial charge in [-0.2, -0.15) is 0 Å². The number of likely N-dealkylation sites (tertiary alicyclic amines) is 1. The largest absolute Gasteiger partial charge is 0.386 e. The van der Waals surface area contributed by atoms with Gasteiger partial charge in [0, 0.05) is 24.7 Å². The molecule has 1 aromatic rings. The van der Waals surface area contributed by atoms with Gasteiger partial charge >= 0.3 is 6.03 Å². The van der Waals surface area contributed by atoms with Gasteiger partial charge in [0.15, 0.2) is 5.60 Å². The molecule has 2 aliphatic rings. The van der Waals surface area contributed by atoms with Crippen LogP contribution in [0.2, 0.25) is 0 Å². The lowest BCUT2D eigenvalue weighted by molar-refractivity contribution is -0.110. The molecule has 7 nitrogen and oxygen atoms in total. The summed E-state index contributed by atoms with van der Waals surface area (Å²) < 4.78 is 0. The molecule has 2 heterocycles. The lowest BCUT2D eigenvalue weighted by atomic mass is 9.88. The van der Waals surface area contributed by atoms with E-state index in [0.29, 0.717) is 25.2 Å². The predicted octanol–water partition coefficient (Wildman–Crippen LogP) is 2.35. The number of piperidine rings is 1. The number of anilines is 1. The number of amides is 3. The van der Waals surface area contributed by atoms with Crippen molar-refractivity contribution in [3.05, 3.63) is 30.3 Å². The highest BCUT2D eigenvalue weighted by Gasteiger charge is 2.45. The molecule has 2 N–H and O–H groups in total. The van der Waals surface area contributed by atoms with E-state index in [4.69, 9.17) is 4.84 Å². The van der Waals surface area contributed by atoms with Crippen LogP contribution in [-0.2, 0) is 9.63 Å². The van der Waals surface area contributed by atoms with Crippen molar-refractivity contribution >= 4 is 23.3 Å². The summed E-state index contributed by atoms with van der Waals surface area (Å²) in [4.78, 5) is 32.0. The quantitative estimate of drug-likeness (QED) is 0.883. The number of nitrogens with one attached hydrogen (secondary N) is 2. The Morgan fingerprint density at radius 2 is 2.04 bits per heavy atom. The molecule has 1 spiro atoms. The second-order valence-electron chi connectivity index (χ2n) is 6.94. The Kier molecular flexibility index (Phi) is 4.92. The number of hydrogen-bond donors (Lipinski definition) is 2. The molecule has 0 unspecified atom stereocenters. The summed E-state index contributed by atoms with van der Waals surface area (Å²) in [7, 11) is 0. The van der Waals surface area contributed by atoms with Crippen molar-refractivity contribution in [3.8, 4) is 0 Å². The Labute approximate surface area is 147 Å². The zero-order chi connectivity index (χ0) is 17.9. The van der Waals surface area contributed by atoms with Crippen LogP contribution in [-0.4, -0.2) is 47.3 Å². The minimum absolute atomic E-state index is 0.0818. The molecule has 3 rings (SSSR count). The fraction of sp³-hybridized carbons (Fsp3) is 0.500. The molecule has 7 heteroatoms. The third kappa shape index (κ3) is 4.10. The van der Waals surface area contributed by atoms with Crippen LogP contribution in [0.3, 0.4) is 0 Å². The molecule has 0 bridgehead atoms. The lowest BCUT2D eigenvalue weighted by Crippen LogP contribution is -2.54. The number of rotatable bonds is 3. The zero-order valence-corrected chi connectivity index (χ0v) is 14.6. The third-order valence-corrected chi connectivity index (χ3v) is 4.37. The molecule has 1 fully saturated rings. The number of carbonyl (C=O) groups is 2. The Morgan fingerprint density at radius 1 is 1.28 bits per heavy atom. The monoisotopic (exact) mass is 344 g/mol. The number of benzene rings is 1. The third-order valence-electron chi connectivity index (χ3n) is 4.37. The molecule has 1 saturated heterocycles. The summed E-state index contributed by atoms with van der Waals surface area (Å²) in [5.74, 6) is -0.258. The molecule has 0 saturated carbocycles. The van der Waals surface area contributed by atoms with Crippen LogP contribution in [0.15, 0.2) is 35.5 Å². The molecule has 134 valence electrons. The van der Waals surface area contributed by atoms with E-state index in [1.54, 1.807) is 4.90 Å². The molecule has 0 radical (unpaired) electrons. The molecule has 25 heavy (non-hydrogen) atoms. The normalized spacial score (nSPS) is 22.5. The van der Waals surface area contributed by atoms with Gasteiger partial charge in [0.05, 0.1) is 6.54 Å². The Morgan fingerprint density at radius 3 is 2.76 bits per heavy atom. The van der Waals surface area contributed by atoms with Gasteiger partial charge in [-0.1, -0.05) is 23.4 Å². The van der Waals surface area contributed by atoms with Crippen molar-refractivity contribution in [1.29, 1.82) is 0 Å². The van der Waals surface area contributed by atoms with Gasteiger partial charge in [0.25, 0.3) is 5.91 Å². The summed E-state index contributed by atoms with van der Waals surface area (Å²) in [6.45, 7) is 4.99. The number of oxime groups is 1. The van der Waals surface area contributed by atoms with Crippen LogP contribution in [0.4, 0.5) is 10.5 Å². The van der Waals surface area contributed by atoms with Crippen molar-refractivity contribution in [2.75, 3.05) is 18.4 Å². The van der Waals surface area contributed by atoms with Gasteiger partial charge < -0.3 is 20.4 Å². The van der Waals surface area contributed by atoms with E-state index >= 15 is 0 Å². The van der Waals surface area contributed by atoms with Crippen molar-refractivity contribution in [1.82, 2.24) is 10.2 Å². The van der Waals surface area contributed by atoms with Crippen LogP contribution in [0.5, 0.6) is 0 Å². The zero-order valence-electron chi connectivity index (χ0n) is 14.6. The minimum Gasteiger partial charge on any atom is -0.386 e. The summed E-state index contributed by atoms with van der Waals surface area (Å²) in [6, 6.07) is 9.23. The molecule has 0 aliphatic carbocycles. The second-order valence-corrected chi connectivity index (χ2v) is 6.94. The molecule has 1 aromatic carbocycles. The molecular formula is C18H24N4O3. The highest BCUT2D eigenvalue weighted by atomic mass is 16.7. The Balaban J connectivity index is 1.60. The van der Waals surface area contributed by atoms with Crippen molar-refractivity contribution in [3.63, 3.8) is 0 Å². The number of urea groups is 1. The van der Waals surface area contributed by atoms with Crippen molar-refractivity contribution in [2.45, 2.75) is 44.8 Å². The van der Waals surface area contributed by atoms with Crippen molar-refractivity contribution < 1.29 is 14.4 Å². The second kappa shape index (κ2) is 7.13. The van der Waals surface area contributed by atoms with E-state index in [2.05, 4.69) is 15.8 Å². The van der Waals surface area contributed by atoms with E-state index in [9.17, 15) is 9.59 Å². The van der Waals surface area contributed by atoms with E-state index in [1.807, 2.05) is 44.2 Å². The van der Waals surface area contributed by atoms with E-state index in [-0.39, 0.29) is 18.0 Å². The van der Waals surface area contributed by atoms with Gasteiger partial charge in [-0.05, 0) is 38.8 Å². The van der Waals surface area contributed by atoms with Gasteiger partial charge in [-0.25, -0.2) is 4.79 Å². The summed E-state index contributed by atoms with van der Waals surface area (Å²) in [6.07, 6.45) is 2.02. The number of hydrogen-bond acceptors (Lipinski definition) is 4. The fourth-order valence-corrected chi connectivity index (χ4v) is 3.20. The molecule has 1 atom stereocenters. The molecule has 3 amide bonds. The average molecular weight is 344 g/mol. The molecule has 0 aromatic heterocycles. The average Bonchev–Trinajstić information content (AvgIpc) is 2.99. The first kappa shape index (κ1) is 17.3. The molecule has 2 aliphatic heterocycles. The number of carbonyl (C=O) groups excluding carboxylic acids is 2. The first-order valence-electron chi connectivity index (χ1n) is 8.64.